The number of hydrogen-bond acceptors (Lipinski definition) is 3. The maximum atomic E-state index is 11.8. The van der Waals surface area contributed by atoms with Crippen LogP contribution in [0.1, 0.15) is 30.6 Å². The number of carboxylic acids is 1. The average Bonchev–Trinajstić information content (AvgIpc) is 2.36. The molecular weight excluding hydrogens is 234 g/mol. The zero-order chi connectivity index (χ0) is 13.5. The van der Waals surface area contributed by atoms with Gasteiger partial charge in [0.1, 0.15) is 11.8 Å². The fourth-order valence-electron chi connectivity index (χ4n) is 1.47. The van der Waals surface area contributed by atoms with Gasteiger partial charge in [0.25, 0.3) is 5.91 Å². The van der Waals surface area contributed by atoms with Crippen molar-refractivity contribution < 1.29 is 19.4 Å². The largest absolute Gasteiger partial charge is 0.494 e. The average molecular weight is 251 g/mol. The molecule has 0 radical (unpaired) electrons. The number of carbonyl (C=O) groups excluding carboxylic acids is 1. The van der Waals surface area contributed by atoms with Gasteiger partial charge in [-0.15, -0.1) is 0 Å². The highest BCUT2D eigenvalue weighted by Gasteiger charge is 2.18. The smallest absolute Gasteiger partial charge is 0.326 e. The summed E-state index contributed by atoms with van der Waals surface area (Å²) in [5.41, 5.74) is 0.389. The van der Waals surface area contributed by atoms with Crippen LogP contribution < -0.4 is 10.1 Å². The Kier molecular flexibility index (Phi) is 5.17. The fraction of sp³-hybridized carbons (Fsp3) is 0.385. The number of amides is 1. The zero-order valence-electron chi connectivity index (χ0n) is 10.5. The second kappa shape index (κ2) is 6.64. The Balaban J connectivity index is 2.77. The number of carboxylic acid groups (broad SMARTS) is 1. The summed E-state index contributed by atoms with van der Waals surface area (Å²) in [6.07, 6.45) is 0.340. The lowest BCUT2D eigenvalue weighted by Gasteiger charge is -2.12. The van der Waals surface area contributed by atoms with Gasteiger partial charge < -0.3 is 15.2 Å². The summed E-state index contributed by atoms with van der Waals surface area (Å²) in [7, 11) is 0. The molecule has 18 heavy (non-hydrogen) atoms. The number of nitrogens with one attached hydrogen (secondary N) is 1. The van der Waals surface area contributed by atoms with Crippen molar-refractivity contribution in [3.05, 3.63) is 29.8 Å². The standard InChI is InChI=1S/C13H17NO4/c1-3-11(13(16)17)14-12(15)9-6-5-7-10(8-9)18-4-2/h5-8,11H,3-4H2,1-2H3,(H,14,15)(H,16,17). The molecule has 0 aromatic heterocycles. The van der Waals surface area contributed by atoms with Crippen molar-refractivity contribution in [1.82, 2.24) is 5.32 Å². The van der Waals surface area contributed by atoms with Gasteiger partial charge in [-0.25, -0.2) is 4.79 Å². The van der Waals surface area contributed by atoms with E-state index in [2.05, 4.69) is 5.32 Å². The minimum atomic E-state index is -1.04. The first-order valence-electron chi connectivity index (χ1n) is 5.85. The van der Waals surface area contributed by atoms with Gasteiger partial charge in [0.05, 0.1) is 6.61 Å². The number of aliphatic carboxylic acids is 1. The van der Waals surface area contributed by atoms with Gasteiger partial charge in [-0.2, -0.15) is 0 Å². The first kappa shape index (κ1) is 14.0. The molecule has 1 unspecified atom stereocenters. The lowest BCUT2D eigenvalue weighted by Crippen LogP contribution is -2.40. The normalized spacial score (nSPS) is 11.7. The lowest BCUT2D eigenvalue weighted by atomic mass is 10.1. The summed E-state index contributed by atoms with van der Waals surface area (Å²) < 4.78 is 5.28. The van der Waals surface area contributed by atoms with Gasteiger partial charge in [0, 0.05) is 5.56 Å². The van der Waals surface area contributed by atoms with Crippen molar-refractivity contribution in [2.24, 2.45) is 0 Å². The molecule has 1 rings (SSSR count). The number of hydrogen-bond donors (Lipinski definition) is 2. The van der Waals surface area contributed by atoms with Crippen LogP contribution in [-0.2, 0) is 4.79 Å². The summed E-state index contributed by atoms with van der Waals surface area (Å²) in [6, 6.07) is 5.78. The molecule has 2 N–H and O–H groups in total. The van der Waals surface area contributed by atoms with E-state index in [1.54, 1.807) is 31.2 Å². The van der Waals surface area contributed by atoms with Gasteiger partial charge in [0.2, 0.25) is 0 Å². The van der Waals surface area contributed by atoms with Crippen molar-refractivity contribution in [3.63, 3.8) is 0 Å². The van der Waals surface area contributed by atoms with E-state index in [0.717, 1.165) is 0 Å². The number of rotatable bonds is 6. The Morgan fingerprint density at radius 2 is 2.11 bits per heavy atom. The predicted octanol–water partition coefficient (Wildman–Crippen LogP) is 1.68. The Bertz CT molecular complexity index is 431. The van der Waals surface area contributed by atoms with Gasteiger partial charge in [-0.3, -0.25) is 4.79 Å². The summed E-state index contributed by atoms with van der Waals surface area (Å²) in [6.45, 7) is 4.07. The molecule has 0 bridgehead atoms. The van der Waals surface area contributed by atoms with Crippen LogP contribution in [0.15, 0.2) is 24.3 Å². The van der Waals surface area contributed by atoms with Crippen molar-refractivity contribution in [2.75, 3.05) is 6.61 Å². The van der Waals surface area contributed by atoms with E-state index in [4.69, 9.17) is 9.84 Å². The third kappa shape index (κ3) is 3.76. The molecule has 0 fully saturated rings. The Morgan fingerprint density at radius 1 is 1.39 bits per heavy atom. The lowest BCUT2D eigenvalue weighted by molar-refractivity contribution is -0.139. The van der Waals surface area contributed by atoms with E-state index >= 15 is 0 Å². The predicted molar refractivity (Wildman–Crippen MR) is 66.8 cm³/mol. The van der Waals surface area contributed by atoms with Crippen LogP contribution in [0.4, 0.5) is 0 Å². The molecule has 0 saturated carbocycles. The van der Waals surface area contributed by atoms with Gasteiger partial charge >= 0.3 is 5.97 Å². The second-order valence-electron chi connectivity index (χ2n) is 3.73. The highest BCUT2D eigenvalue weighted by atomic mass is 16.5. The molecule has 98 valence electrons. The molecule has 5 nitrogen and oxygen atoms in total. The van der Waals surface area contributed by atoms with Crippen LogP contribution in [0.3, 0.4) is 0 Å². The maximum Gasteiger partial charge on any atom is 0.326 e. The minimum Gasteiger partial charge on any atom is -0.494 e. The molecule has 0 aliphatic rings. The molecule has 0 spiro atoms. The van der Waals surface area contributed by atoms with E-state index in [-0.39, 0.29) is 0 Å². The van der Waals surface area contributed by atoms with Crippen molar-refractivity contribution in [2.45, 2.75) is 26.3 Å². The summed E-state index contributed by atoms with van der Waals surface area (Å²) >= 11 is 0. The third-order valence-corrected chi connectivity index (χ3v) is 2.42. The third-order valence-electron chi connectivity index (χ3n) is 2.42. The van der Waals surface area contributed by atoms with Crippen molar-refractivity contribution >= 4 is 11.9 Å². The molecule has 0 aliphatic heterocycles. The van der Waals surface area contributed by atoms with E-state index in [9.17, 15) is 9.59 Å². The zero-order valence-corrected chi connectivity index (χ0v) is 10.5. The monoisotopic (exact) mass is 251 g/mol. The highest BCUT2D eigenvalue weighted by molar-refractivity contribution is 5.96. The maximum absolute atomic E-state index is 11.8. The Hall–Kier alpha value is -2.04. The van der Waals surface area contributed by atoms with Crippen LogP contribution in [0.2, 0.25) is 0 Å². The molecule has 0 heterocycles. The topological polar surface area (TPSA) is 75.6 Å². The summed E-state index contributed by atoms with van der Waals surface area (Å²) in [5, 5.41) is 11.3. The molecule has 1 aromatic carbocycles. The molecule has 0 saturated heterocycles. The van der Waals surface area contributed by atoms with E-state index in [1.165, 1.54) is 0 Å². The Labute approximate surface area is 106 Å². The fourth-order valence-corrected chi connectivity index (χ4v) is 1.47. The van der Waals surface area contributed by atoms with E-state index in [0.29, 0.717) is 24.3 Å². The minimum absolute atomic E-state index is 0.340. The van der Waals surface area contributed by atoms with Crippen molar-refractivity contribution in [1.29, 1.82) is 0 Å². The first-order valence-corrected chi connectivity index (χ1v) is 5.85. The van der Waals surface area contributed by atoms with Crippen LogP contribution in [0, 0.1) is 0 Å². The first-order chi connectivity index (χ1) is 8.58. The van der Waals surface area contributed by atoms with E-state index in [1.807, 2.05) is 6.92 Å². The SMILES string of the molecule is CCOc1cccc(C(=O)NC(CC)C(=O)O)c1. The molecular formula is C13H17NO4. The van der Waals surface area contributed by atoms with Gasteiger partial charge in [-0.1, -0.05) is 13.0 Å². The van der Waals surface area contributed by atoms with Crippen molar-refractivity contribution in [3.8, 4) is 5.75 Å². The quantitative estimate of drug-likeness (QED) is 0.806. The van der Waals surface area contributed by atoms with Gasteiger partial charge in [-0.05, 0) is 31.5 Å². The highest BCUT2D eigenvalue weighted by Crippen LogP contribution is 2.13. The van der Waals surface area contributed by atoms with E-state index < -0.39 is 17.9 Å². The van der Waals surface area contributed by atoms with Crippen LogP contribution in [0.25, 0.3) is 0 Å². The van der Waals surface area contributed by atoms with Crippen LogP contribution in [0.5, 0.6) is 5.75 Å². The molecule has 1 aromatic rings. The number of ether oxygens (including phenoxy) is 1. The Morgan fingerprint density at radius 3 is 2.67 bits per heavy atom. The molecule has 1 atom stereocenters. The molecule has 0 aliphatic carbocycles. The summed E-state index contributed by atoms with van der Waals surface area (Å²) in [5.74, 6) is -0.855. The van der Waals surface area contributed by atoms with Gasteiger partial charge in [0.15, 0.2) is 0 Å². The van der Waals surface area contributed by atoms with Crippen LogP contribution >= 0.6 is 0 Å². The number of carbonyl (C=O) groups is 2. The second-order valence-corrected chi connectivity index (χ2v) is 3.73. The number of benzene rings is 1. The van der Waals surface area contributed by atoms with Crippen LogP contribution in [-0.4, -0.2) is 29.6 Å². The summed E-state index contributed by atoms with van der Waals surface area (Å²) in [4.78, 5) is 22.7. The molecule has 1 amide bonds. The molecule has 5 heteroatoms.